The van der Waals surface area contributed by atoms with Gasteiger partial charge in [-0.2, -0.15) is 13.2 Å². The van der Waals surface area contributed by atoms with E-state index in [1.54, 1.807) is 20.8 Å². The first-order valence-electron chi connectivity index (χ1n) is 8.38. The topological polar surface area (TPSA) is 78.9 Å². The summed E-state index contributed by atoms with van der Waals surface area (Å²) in [4.78, 5) is 25.5. The van der Waals surface area contributed by atoms with Crippen molar-refractivity contribution < 1.29 is 41.8 Å². The predicted molar refractivity (Wildman–Crippen MR) is 82.0 cm³/mol. The SMILES string of the molecule is CO[C@@]12CC[N+](C(=O)[O-])([C@@H](C)C(F)(F)F)[C@@H]1CN(C(=O)OC(C)(C)C)C2. The van der Waals surface area contributed by atoms with Crippen LogP contribution in [-0.4, -0.2) is 77.8 Å². The van der Waals surface area contributed by atoms with Gasteiger partial charge in [-0.3, -0.25) is 9.38 Å². The molecule has 1 unspecified atom stereocenters. The highest BCUT2D eigenvalue weighted by Gasteiger charge is 2.70. The number of carbonyl (C=O) groups excluding carboxylic acids is 2. The summed E-state index contributed by atoms with van der Waals surface area (Å²) >= 11 is 0. The molecule has 0 aromatic rings. The molecule has 0 aromatic heterocycles. The van der Waals surface area contributed by atoms with Gasteiger partial charge in [0.25, 0.3) is 6.09 Å². The number of amides is 2. The molecular formula is C16H25F3N2O5. The number of fused-ring (bicyclic) bond motifs is 1. The monoisotopic (exact) mass is 382 g/mol. The zero-order chi connectivity index (χ0) is 20.1. The summed E-state index contributed by atoms with van der Waals surface area (Å²) in [6.45, 7) is 5.32. The summed E-state index contributed by atoms with van der Waals surface area (Å²) in [5.41, 5.74) is -1.97. The number of rotatable bonds is 2. The highest BCUT2D eigenvalue weighted by Crippen LogP contribution is 2.47. The normalized spacial score (nSPS) is 33.1. The Morgan fingerprint density at radius 3 is 2.31 bits per heavy atom. The number of methoxy groups -OCH3 is 1. The molecule has 4 atom stereocenters. The van der Waals surface area contributed by atoms with Crippen LogP contribution in [0, 0.1) is 0 Å². The van der Waals surface area contributed by atoms with Gasteiger partial charge in [-0.25, -0.2) is 4.79 Å². The van der Waals surface area contributed by atoms with E-state index in [1.165, 1.54) is 12.0 Å². The van der Waals surface area contributed by atoms with E-state index in [2.05, 4.69) is 0 Å². The van der Waals surface area contributed by atoms with Crippen molar-refractivity contribution in [2.75, 3.05) is 26.7 Å². The van der Waals surface area contributed by atoms with Gasteiger partial charge < -0.3 is 19.4 Å². The van der Waals surface area contributed by atoms with Crippen LogP contribution in [0.25, 0.3) is 0 Å². The van der Waals surface area contributed by atoms with Crippen molar-refractivity contribution in [1.82, 2.24) is 4.90 Å². The fourth-order valence-corrected chi connectivity index (χ4v) is 4.08. The zero-order valence-corrected chi connectivity index (χ0v) is 15.6. The Bertz CT molecular complexity index is 591. The standard InChI is InChI=1S/C16H25F3N2O5/c1-10(16(17,18)19)21(13(23)24)7-6-15(25-5)9-20(8-11(15)21)12(22)26-14(2,3)4/h10-11H,6-9H2,1-5H3/t10-,11+,15+,21?/m0/s1. The van der Waals surface area contributed by atoms with Crippen LogP contribution in [0.5, 0.6) is 0 Å². The average Bonchev–Trinajstić information content (AvgIpc) is 2.98. The van der Waals surface area contributed by atoms with Gasteiger partial charge in [-0.1, -0.05) is 0 Å². The Labute approximate surface area is 150 Å². The molecule has 0 spiro atoms. The van der Waals surface area contributed by atoms with Crippen molar-refractivity contribution in [2.24, 2.45) is 0 Å². The maximum atomic E-state index is 13.4. The Kier molecular flexibility index (Phi) is 5.00. The fraction of sp³-hybridized carbons (Fsp3) is 0.875. The first-order valence-corrected chi connectivity index (χ1v) is 8.38. The number of hydrogen-bond acceptors (Lipinski definition) is 5. The lowest BCUT2D eigenvalue weighted by Crippen LogP contribution is -2.71. The number of halogens is 3. The number of likely N-dealkylation sites (tertiary alicyclic amines) is 2. The van der Waals surface area contributed by atoms with E-state index in [0.717, 1.165) is 6.92 Å². The molecule has 2 aliphatic rings. The van der Waals surface area contributed by atoms with Crippen LogP contribution in [0.4, 0.5) is 22.8 Å². The molecule has 7 nitrogen and oxygen atoms in total. The maximum absolute atomic E-state index is 13.4. The molecular weight excluding hydrogens is 357 g/mol. The molecule has 0 N–H and O–H groups in total. The van der Waals surface area contributed by atoms with Crippen LogP contribution < -0.4 is 5.11 Å². The van der Waals surface area contributed by atoms with E-state index in [9.17, 15) is 27.9 Å². The molecule has 0 radical (unpaired) electrons. The van der Waals surface area contributed by atoms with Crippen molar-refractivity contribution in [1.29, 1.82) is 0 Å². The quantitative estimate of drug-likeness (QED) is 0.677. The smallest absolute Gasteiger partial charge is 0.441 e. The molecule has 2 saturated heterocycles. The van der Waals surface area contributed by atoms with Crippen molar-refractivity contribution in [3.63, 3.8) is 0 Å². The molecule has 2 heterocycles. The number of carboxylic acid groups (broad SMARTS) is 1. The zero-order valence-electron chi connectivity index (χ0n) is 15.6. The Balaban J connectivity index is 2.40. The summed E-state index contributed by atoms with van der Waals surface area (Å²) in [5, 5.41) is 11.9. The van der Waals surface area contributed by atoms with Gasteiger partial charge in [-0.15, -0.1) is 0 Å². The molecule has 0 saturated carbocycles. The summed E-state index contributed by atoms with van der Waals surface area (Å²) in [5.74, 6) is 0. The first-order chi connectivity index (χ1) is 11.7. The average molecular weight is 382 g/mol. The molecule has 10 heteroatoms. The lowest BCUT2D eigenvalue weighted by molar-refractivity contribution is -0.921. The molecule has 2 fully saturated rings. The number of carbonyl (C=O) groups is 2. The number of ether oxygens (including phenoxy) is 2. The summed E-state index contributed by atoms with van der Waals surface area (Å²) in [7, 11) is 1.32. The number of hydrogen-bond donors (Lipinski definition) is 0. The molecule has 26 heavy (non-hydrogen) atoms. The Morgan fingerprint density at radius 1 is 1.31 bits per heavy atom. The minimum Gasteiger partial charge on any atom is -0.498 e. The van der Waals surface area contributed by atoms with Gasteiger partial charge in [-0.05, 0) is 27.7 Å². The second kappa shape index (κ2) is 6.26. The Hall–Kier alpha value is -1.55. The van der Waals surface area contributed by atoms with E-state index >= 15 is 0 Å². The fourth-order valence-electron chi connectivity index (χ4n) is 4.08. The van der Waals surface area contributed by atoms with Crippen molar-refractivity contribution in [3.8, 4) is 0 Å². The van der Waals surface area contributed by atoms with Crippen molar-refractivity contribution in [2.45, 2.75) is 63.6 Å². The van der Waals surface area contributed by atoms with Crippen LogP contribution in [0.1, 0.15) is 34.1 Å². The minimum absolute atomic E-state index is 0.0268. The highest BCUT2D eigenvalue weighted by atomic mass is 19.4. The summed E-state index contributed by atoms with van der Waals surface area (Å²) in [6.07, 6.45) is -7.19. The van der Waals surface area contributed by atoms with E-state index in [1.807, 2.05) is 0 Å². The van der Waals surface area contributed by atoms with Crippen LogP contribution in [0.15, 0.2) is 0 Å². The third-order valence-corrected chi connectivity index (χ3v) is 5.48. The molecule has 2 rings (SSSR count). The van der Waals surface area contributed by atoms with Gasteiger partial charge in [0, 0.05) is 13.5 Å². The number of nitrogens with zero attached hydrogens (tertiary/aromatic N) is 2. The van der Waals surface area contributed by atoms with E-state index in [-0.39, 0.29) is 26.1 Å². The summed E-state index contributed by atoms with van der Waals surface area (Å²) in [6, 6.07) is -3.28. The lowest BCUT2D eigenvalue weighted by Gasteiger charge is -2.45. The maximum Gasteiger partial charge on any atom is 0.441 e. The van der Waals surface area contributed by atoms with Gasteiger partial charge in [0.1, 0.15) is 17.2 Å². The van der Waals surface area contributed by atoms with Crippen LogP contribution >= 0.6 is 0 Å². The van der Waals surface area contributed by atoms with Gasteiger partial charge >= 0.3 is 12.3 Å². The van der Waals surface area contributed by atoms with Crippen LogP contribution in [-0.2, 0) is 9.47 Å². The molecule has 2 amide bonds. The highest BCUT2D eigenvalue weighted by molar-refractivity contribution is 5.69. The minimum atomic E-state index is -4.73. The van der Waals surface area contributed by atoms with Gasteiger partial charge in [0.15, 0.2) is 6.04 Å². The second-order valence-electron chi connectivity index (χ2n) is 8.03. The molecule has 0 bridgehead atoms. The summed E-state index contributed by atoms with van der Waals surface area (Å²) < 4.78 is 49.7. The molecule has 0 aromatic carbocycles. The third-order valence-electron chi connectivity index (χ3n) is 5.48. The third kappa shape index (κ3) is 3.24. The second-order valence-corrected chi connectivity index (χ2v) is 8.03. The first kappa shape index (κ1) is 20.8. The Morgan fingerprint density at radius 2 is 1.88 bits per heavy atom. The number of quaternary nitrogens is 1. The predicted octanol–water partition coefficient (Wildman–Crippen LogP) is 1.51. The largest absolute Gasteiger partial charge is 0.498 e. The van der Waals surface area contributed by atoms with Crippen LogP contribution in [0.3, 0.4) is 0 Å². The van der Waals surface area contributed by atoms with Gasteiger partial charge in [0.05, 0.1) is 19.6 Å². The van der Waals surface area contributed by atoms with Crippen molar-refractivity contribution >= 4 is 12.2 Å². The molecule has 150 valence electrons. The van der Waals surface area contributed by atoms with Gasteiger partial charge in [0.2, 0.25) is 0 Å². The molecule has 0 aliphatic carbocycles. The lowest BCUT2D eigenvalue weighted by atomic mass is 9.97. The van der Waals surface area contributed by atoms with E-state index < -0.39 is 46.1 Å². The molecule has 2 aliphatic heterocycles. The van der Waals surface area contributed by atoms with E-state index in [0.29, 0.717) is 0 Å². The van der Waals surface area contributed by atoms with E-state index in [4.69, 9.17) is 9.47 Å². The van der Waals surface area contributed by atoms with Crippen molar-refractivity contribution in [3.05, 3.63) is 0 Å². The van der Waals surface area contributed by atoms with Crippen LogP contribution in [0.2, 0.25) is 0 Å². The number of alkyl halides is 3.